The first-order valence-corrected chi connectivity index (χ1v) is 23.1. The van der Waals surface area contributed by atoms with E-state index in [0.717, 1.165) is 0 Å². The molecule has 2 rings (SSSR count). The quantitative estimate of drug-likeness (QED) is 0.0398. The van der Waals surface area contributed by atoms with Gasteiger partial charge in [-0.1, -0.05) is 74.5 Å². The zero-order valence-corrected chi connectivity index (χ0v) is 39.1. The van der Waals surface area contributed by atoms with Gasteiger partial charge in [0.15, 0.2) is 0 Å². The molecule has 0 bridgehead atoms. The van der Waals surface area contributed by atoms with Crippen molar-refractivity contribution in [1.82, 2.24) is 37.2 Å². The van der Waals surface area contributed by atoms with Gasteiger partial charge in [-0.15, -0.1) is 0 Å². The van der Waals surface area contributed by atoms with Gasteiger partial charge in [-0.25, -0.2) is 4.79 Å². The number of nitrogens with one attached hydrogen (secondary N) is 7. The van der Waals surface area contributed by atoms with Gasteiger partial charge >= 0.3 is 5.97 Å². The lowest BCUT2D eigenvalue weighted by molar-refractivity contribution is -0.142. The van der Waals surface area contributed by atoms with Crippen LogP contribution in [0.3, 0.4) is 0 Å². The van der Waals surface area contributed by atoms with E-state index in [0.29, 0.717) is 69.2 Å². The number of carboxylic acid groups (broad SMARTS) is 1. The molecule has 0 fully saturated rings. The summed E-state index contributed by atoms with van der Waals surface area (Å²) >= 11 is 0. The van der Waals surface area contributed by atoms with Crippen molar-refractivity contribution in [3.63, 3.8) is 0 Å². The largest absolute Gasteiger partial charge is 0.480 e. The number of carbonyl (C=O) groups excluding carboxylic acids is 7. The molecule has 67 heavy (non-hydrogen) atoms. The molecule has 7 unspecified atom stereocenters. The zero-order chi connectivity index (χ0) is 49.7. The van der Waals surface area contributed by atoms with Crippen molar-refractivity contribution in [2.24, 2.45) is 23.1 Å². The van der Waals surface area contributed by atoms with E-state index in [2.05, 4.69) is 37.2 Å². The Morgan fingerprint density at radius 1 is 0.463 bits per heavy atom. The third-order valence-electron chi connectivity index (χ3n) is 10.8. The Morgan fingerprint density at radius 3 is 1.15 bits per heavy atom. The predicted octanol–water partition coefficient (Wildman–Crippen LogP) is -0.605. The zero-order valence-electron chi connectivity index (χ0n) is 39.1. The topological polar surface area (TPSA) is 339 Å². The van der Waals surface area contributed by atoms with E-state index in [4.69, 9.17) is 17.2 Å². The fourth-order valence-electron chi connectivity index (χ4n) is 7.17. The lowest BCUT2D eigenvalue weighted by atomic mass is 10.0. The number of aliphatic carboxylic acids is 1. The van der Waals surface area contributed by atoms with Gasteiger partial charge in [0.2, 0.25) is 41.4 Å². The van der Waals surface area contributed by atoms with Crippen LogP contribution in [0.1, 0.15) is 96.1 Å². The molecule has 2 aromatic rings. The monoisotopic (exact) mass is 939 g/mol. The van der Waals surface area contributed by atoms with Gasteiger partial charge < -0.3 is 64.6 Å². The van der Waals surface area contributed by atoms with Crippen LogP contribution in [0.2, 0.25) is 0 Å². The number of nitrogens with two attached hydrogens (primary N) is 3. The fourth-order valence-corrected chi connectivity index (χ4v) is 7.17. The van der Waals surface area contributed by atoms with Crippen LogP contribution in [0.25, 0.3) is 0 Å². The maximum Gasteiger partial charge on any atom is 0.326 e. The number of hydrogen-bond donors (Lipinski definition) is 12. The number of benzene rings is 2. The Labute approximate surface area is 393 Å². The normalized spacial score (nSPS) is 14.2. The highest BCUT2D eigenvalue weighted by Crippen LogP contribution is 2.12. The lowest BCUT2D eigenvalue weighted by Gasteiger charge is -2.28. The van der Waals surface area contributed by atoms with E-state index in [1.54, 1.807) is 60.7 Å². The van der Waals surface area contributed by atoms with E-state index in [-0.39, 0.29) is 44.6 Å². The molecule has 0 saturated carbocycles. The maximum atomic E-state index is 14.1. The highest BCUT2D eigenvalue weighted by Gasteiger charge is 2.34. The molecular formula is C47H74N10O10. The summed E-state index contributed by atoms with van der Waals surface area (Å²) in [6.45, 7) is 5.05. The molecule has 0 aliphatic heterocycles. The minimum absolute atomic E-state index is 0.0158. The molecule has 0 radical (unpaired) electrons. The highest BCUT2D eigenvalue weighted by atomic mass is 16.4. The van der Waals surface area contributed by atoms with Crippen molar-refractivity contribution in [3.8, 4) is 0 Å². The Hall–Kier alpha value is -5.96. The van der Waals surface area contributed by atoms with E-state index in [1.807, 2.05) is 13.8 Å². The molecule has 7 amide bonds. The average Bonchev–Trinajstić information content (AvgIpc) is 3.29. The van der Waals surface area contributed by atoms with Crippen LogP contribution < -0.4 is 54.4 Å². The molecular weight excluding hydrogens is 865 g/mol. The second-order valence-electron chi connectivity index (χ2n) is 17.0. The van der Waals surface area contributed by atoms with E-state index in [9.17, 15) is 48.6 Å². The van der Waals surface area contributed by atoms with E-state index >= 15 is 0 Å². The van der Waals surface area contributed by atoms with Crippen molar-refractivity contribution in [2.45, 2.75) is 140 Å². The number of rotatable bonds is 33. The van der Waals surface area contributed by atoms with Crippen LogP contribution in [0.5, 0.6) is 0 Å². The van der Waals surface area contributed by atoms with Crippen LogP contribution in [0.15, 0.2) is 60.7 Å². The number of aliphatic hydroxyl groups is 1. The smallest absolute Gasteiger partial charge is 0.326 e. The first-order valence-electron chi connectivity index (χ1n) is 23.1. The van der Waals surface area contributed by atoms with Gasteiger partial charge in [-0.2, -0.15) is 0 Å². The second kappa shape index (κ2) is 31.9. The molecule has 7 atom stereocenters. The minimum Gasteiger partial charge on any atom is -0.480 e. The number of carbonyl (C=O) groups is 8. The average molecular weight is 939 g/mol. The van der Waals surface area contributed by atoms with Crippen LogP contribution in [0.4, 0.5) is 0 Å². The summed E-state index contributed by atoms with van der Waals surface area (Å²) in [6.07, 6.45) is 3.27. The molecule has 2 aromatic carbocycles. The Bertz CT molecular complexity index is 1860. The number of amides is 7. The first kappa shape index (κ1) is 57.2. The van der Waals surface area contributed by atoms with Crippen molar-refractivity contribution in [2.75, 3.05) is 26.2 Å². The van der Waals surface area contributed by atoms with E-state index < -0.39 is 96.2 Å². The maximum absolute atomic E-state index is 14.1. The van der Waals surface area contributed by atoms with Gasteiger partial charge in [0, 0.05) is 19.8 Å². The number of aliphatic hydroxyl groups excluding tert-OH is 1. The third kappa shape index (κ3) is 22.4. The molecule has 20 heteroatoms. The fraction of sp³-hybridized carbons (Fsp3) is 0.574. The summed E-state index contributed by atoms with van der Waals surface area (Å²) in [6, 6.07) is 8.57. The molecule has 372 valence electrons. The van der Waals surface area contributed by atoms with Gasteiger partial charge in [0.1, 0.15) is 42.3 Å². The molecule has 0 aliphatic carbocycles. The predicted molar refractivity (Wildman–Crippen MR) is 252 cm³/mol. The molecule has 0 aliphatic rings. The highest BCUT2D eigenvalue weighted by molar-refractivity contribution is 5.97. The first-order chi connectivity index (χ1) is 32.0. The van der Waals surface area contributed by atoms with Crippen molar-refractivity contribution in [1.29, 1.82) is 0 Å². The van der Waals surface area contributed by atoms with Gasteiger partial charge in [-0.05, 0) is 101 Å². The minimum atomic E-state index is -1.63. The van der Waals surface area contributed by atoms with Crippen molar-refractivity contribution < 1.29 is 48.6 Å². The van der Waals surface area contributed by atoms with Crippen LogP contribution in [-0.4, -0.2) is 126 Å². The van der Waals surface area contributed by atoms with E-state index in [1.165, 1.54) is 6.92 Å². The molecule has 0 saturated heterocycles. The van der Waals surface area contributed by atoms with Crippen molar-refractivity contribution >= 4 is 47.3 Å². The Morgan fingerprint density at radius 2 is 0.791 bits per heavy atom. The van der Waals surface area contributed by atoms with Gasteiger partial charge in [-0.3, -0.25) is 33.6 Å². The standard InChI is InChI=1S/C47H74N10O10/c1-30(2)26-37(51-31(3)59)44(63)53-35(21-11-14-24-49)42(61)55-38(27-32-16-6-4-7-17-32)45(64)57-40(29-58)46(65)54-34(20-10-13-23-48)41(60)52-36(22-12-15-25-50)43(62)56-39(47(66)67)28-33-18-8-5-9-19-33/h4-9,16-19,30,34-40,58H,10-15,20-29,48-50H2,1-3H3,(H,51,59)(H,52,60)(H,53,63)(H,54,65)(H,55,61)(H,56,62)(H,57,64)(H,66,67). The number of carboxylic acids is 1. The summed E-state index contributed by atoms with van der Waals surface area (Å²) in [5.41, 5.74) is 18.4. The van der Waals surface area contributed by atoms with Crippen LogP contribution in [0, 0.1) is 5.92 Å². The Kier molecular flexibility index (Phi) is 27.2. The summed E-state index contributed by atoms with van der Waals surface area (Å²) in [5, 5.41) is 38.7. The van der Waals surface area contributed by atoms with Crippen molar-refractivity contribution in [3.05, 3.63) is 71.8 Å². The second-order valence-corrected chi connectivity index (χ2v) is 17.0. The molecule has 0 spiro atoms. The van der Waals surface area contributed by atoms with Gasteiger partial charge in [0.25, 0.3) is 0 Å². The summed E-state index contributed by atoms with van der Waals surface area (Å²) in [5.74, 6) is -6.32. The summed E-state index contributed by atoms with van der Waals surface area (Å²) in [4.78, 5) is 107. The molecule has 0 heterocycles. The van der Waals surface area contributed by atoms with Gasteiger partial charge in [0.05, 0.1) is 6.61 Å². The van der Waals surface area contributed by atoms with Crippen LogP contribution in [-0.2, 0) is 51.2 Å². The lowest BCUT2D eigenvalue weighted by Crippen LogP contribution is -2.61. The Balaban J connectivity index is 2.36. The summed E-state index contributed by atoms with van der Waals surface area (Å²) < 4.78 is 0. The molecule has 0 aromatic heterocycles. The summed E-state index contributed by atoms with van der Waals surface area (Å²) in [7, 11) is 0. The SMILES string of the molecule is CC(=O)NC(CC(C)C)C(=O)NC(CCCCN)C(=O)NC(Cc1ccccc1)C(=O)NC(CO)C(=O)NC(CCCCN)C(=O)NC(CCCCN)C(=O)NC(Cc1ccccc1)C(=O)O. The number of hydrogen-bond acceptors (Lipinski definition) is 12. The third-order valence-corrected chi connectivity index (χ3v) is 10.8. The van der Waals surface area contributed by atoms with Crippen LogP contribution >= 0.6 is 0 Å². The molecule has 20 nitrogen and oxygen atoms in total. The number of unbranched alkanes of at least 4 members (excludes halogenated alkanes) is 3. The molecule has 15 N–H and O–H groups in total.